The third kappa shape index (κ3) is 3.12. The number of nitrogens with zero attached hydrogens (tertiary/aromatic N) is 2. The van der Waals surface area contributed by atoms with Crippen molar-refractivity contribution in [3.63, 3.8) is 0 Å². The second-order valence-corrected chi connectivity index (χ2v) is 4.36. The highest BCUT2D eigenvalue weighted by molar-refractivity contribution is 6.17. The Morgan fingerprint density at radius 1 is 1.26 bits per heavy atom. The molecule has 0 aliphatic rings. The Hall–Kier alpha value is -1.87. The maximum atomic E-state index is 12.5. The van der Waals surface area contributed by atoms with E-state index in [2.05, 4.69) is 4.98 Å². The summed E-state index contributed by atoms with van der Waals surface area (Å²) in [6, 6.07) is 11.1. The van der Waals surface area contributed by atoms with Crippen LogP contribution < -0.4 is 4.90 Å². The normalized spacial score (nSPS) is 10.2. The number of alkyl halides is 1. The zero-order valence-electron chi connectivity index (χ0n) is 10.7. The van der Waals surface area contributed by atoms with E-state index in [1.807, 2.05) is 43.3 Å². The van der Waals surface area contributed by atoms with Crippen molar-refractivity contribution in [1.29, 1.82) is 0 Å². The van der Waals surface area contributed by atoms with Crippen LogP contribution in [0.4, 0.5) is 5.69 Å². The first kappa shape index (κ1) is 13.6. The first-order chi connectivity index (χ1) is 9.26. The molecule has 0 aliphatic heterocycles. The zero-order valence-corrected chi connectivity index (χ0v) is 11.5. The van der Waals surface area contributed by atoms with Crippen molar-refractivity contribution < 1.29 is 4.79 Å². The van der Waals surface area contributed by atoms with Gasteiger partial charge in [-0.15, -0.1) is 11.6 Å². The van der Waals surface area contributed by atoms with Crippen LogP contribution in [0.5, 0.6) is 0 Å². The largest absolute Gasteiger partial charge is 0.309 e. The van der Waals surface area contributed by atoms with E-state index in [-0.39, 0.29) is 5.91 Å². The van der Waals surface area contributed by atoms with E-state index < -0.39 is 0 Å². The number of anilines is 1. The third-order valence-corrected chi connectivity index (χ3v) is 3.17. The quantitative estimate of drug-likeness (QED) is 0.800. The van der Waals surface area contributed by atoms with Crippen molar-refractivity contribution in [2.75, 3.05) is 11.4 Å². The van der Waals surface area contributed by atoms with Gasteiger partial charge in [0, 0.05) is 36.1 Å². The van der Waals surface area contributed by atoms with E-state index in [0.717, 1.165) is 11.3 Å². The Labute approximate surface area is 117 Å². The van der Waals surface area contributed by atoms with Gasteiger partial charge in [-0.1, -0.05) is 12.1 Å². The number of hydrogen-bond acceptors (Lipinski definition) is 2. The number of hydrogen-bond donors (Lipinski definition) is 0. The lowest BCUT2D eigenvalue weighted by Gasteiger charge is -2.21. The van der Waals surface area contributed by atoms with Crippen LogP contribution >= 0.6 is 11.6 Å². The number of carbonyl (C=O) groups excluding carboxylic acids is 1. The lowest BCUT2D eigenvalue weighted by molar-refractivity contribution is 0.0988. The number of amides is 1. The summed E-state index contributed by atoms with van der Waals surface area (Å²) in [4.78, 5) is 18.2. The van der Waals surface area contributed by atoms with Crippen LogP contribution in [-0.4, -0.2) is 17.4 Å². The SMILES string of the molecule is CCN(C(=O)c1cccc(CCl)c1)c1ccncc1. The van der Waals surface area contributed by atoms with E-state index in [9.17, 15) is 4.79 Å². The van der Waals surface area contributed by atoms with Crippen LogP contribution in [0.3, 0.4) is 0 Å². The molecule has 0 fully saturated rings. The Bertz CT molecular complexity index is 557. The molecule has 98 valence electrons. The fourth-order valence-electron chi connectivity index (χ4n) is 1.91. The van der Waals surface area contributed by atoms with Crippen molar-refractivity contribution >= 4 is 23.2 Å². The molecular weight excluding hydrogens is 260 g/mol. The summed E-state index contributed by atoms with van der Waals surface area (Å²) in [5.74, 6) is 0.378. The highest BCUT2D eigenvalue weighted by Crippen LogP contribution is 2.17. The topological polar surface area (TPSA) is 33.2 Å². The van der Waals surface area contributed by atoms with Crippen molar-refractivity contribution in [3.05, 3.63) is 59.9 Å². The molecular formula is C15H15ClN2O. The number of carbonyl (C=O) groups is 1. The second-order valence-electron chi connectivity index (χ2n) is 4.09. The van der Waals surface area contributed by atoms with Gasteiger partial charge in [0.25, 0.3) is 5.91 Å². The molecule has 1 aromatic carbocycles. The maximum Gasteiger partial charge on any atom is 0.258 e. The van der Waals surface area contributed by atoms with Gasteiger partial charge in [0.1, 0.15) is 0 Å². The Balaban J connectivity index is 2.30. The summed E-state index contributed by atoms with van der Waals surface area (Å²) >= 11 is 5.80. The Morgan fingerprint density at radius 2 is 2.00 bits per heavy atom. The first-order valence-corrected chi connectivity index (χ1v) is 6.66. The van der Waals surface area contributed by atoms with Crippen molar-refractivity contribution in [1.82, 2.24) is 4.98 Å². The predicted molar refractivity (Wildman–Crippen MR) is 77.6 cm³/mol. The molecule has 2 aromatic rings. The molecule has 19 heavy (non-hydrogen) atoms. The molecule has 0 aliphatic carbocycles. The minimum Gasteiger partial charge on any atom is -0.309 e. The number of halogens is 1. The molecule has 0 atom stereocenters. The number of rotatable bonds is 4. The van der Waals surface area contributed by atoms with E-state index in [4.69, 9.17) is 11.6 Å². The number of pyridine rings is 1. The standard InChI is InChI=1S/C15H15ClN2O/c1-2-18(14-6-8-17-9-7-14)15(19)13-5-3-4-12(10-13)11-16/h3-10H,2,11H2,1H3. The maximum absolute atomic E-state index is 12.5. The minimum absolute atomic E-state index is 0.0272. The van der Waals surface area contributed by atoms with E-state index in [1.54, 1.807) is 17.3 Å². The van der Waals surface area contributed by atoms with Gasteiger partial charge in [0.2, 0.25) is 0 Å². The average molecular weight is 275 g/mol. The molecule has 0 bridgehead atoms. The monoisotopic (exact) mass is 274 g/mol. The average Bonchev–Trinajstić information content (AvgIpc) is 2.49. The Kier molecular flexibility index (Phi) is 4.53. The molecule has 0 radical (unpaired) electrons. The second kappa shape index (κ2) is 6.34. The van der Waals surface area contributed by atoms with E-state index >= 15 is 0 Å². The molecule has 2 rings (SSSR count). The van der Waals surface area contributed by atoms with Crippen molar-refractivity contribution in [2.45, 2.75) is 12.8 Å². The van der Waals surface area contributed by atoms with Crippen LogP contribution in [0.25, 0.3) is 0 Å². The fourth-order valence-corrected chi connectivity index (χ4v) is 2.08. The lowest BCUT2D eigenvalue weighted by Crippen LogP contribution is -2.30. The third-order valence-electron chi connectivity index (χ3n) is 2.86. The van der Waals surface area contributed by atoms with Crippen LogP contribution in [0.2, 0.25) is 0 Å². The number of aromatic nitrogens is 1. The van der Waals surface area contributed by atoms with E-state index in [0.29, 0.717) is 18.0 Å². The highest BCUT2D eigenvalue weighted by Gasteiger charge is 2.15. The summed E-state index contributed by atoms with van der Waals surface area (Å²) in [6.07, 6.45) is 3.36. The van der Waals surface area contributed by atoms with Crippen LogP contribution in [0.15, 0.2) is 48.8 Å². The molecule has 1 aromatic heterocycles. The van der Waals surface area contributed by atoms with Gasteiger partial charge < -0.3 is 4.90 Å². The van der Waals surface area contributed by atoms with Crippen LogP contribution in [0, 0.1) is 0 Å². The molecule has 1 heterocycles. The van der Waals surface area contributed by atoms with Gasteiger partial charge in [-0.3, -0.25) is 9.78 Å². The van der Waals surface area contributed by atoms with Crippen LogP contribution in [-0.2, 0) is 5.88 Å². The van der Waals surface area contributed by atoms with E-state index in [1.165, 1.54) is 0 Å². The Morgan fingerprint density at radius 3 is 2.63 bits per heavy atom. The summed E-state index contributed by atoms with van der Waals surface area (Å²) in [7, 11) is 0. The van der Waals surface area contributed by atoms with Gasteiger partial charge >= 0.3 is 0 Å². The first-order valence-electron chi connectivity index (χ1n) is 6.13. The van der Waals surface area contributed by atoms with Crippen molar-refractivity contribution in [3.8, 4) is 0 Å². The molecule has 4 heteroatoms. The zero-order chi connectivity index (χ0) is 13.7. The molecule has 0 saturated heterocycles. The molecule has 3 nitrogen and oxygen atoms in total. The summed E-state index contributed by atoms with van der Waals surface area (Å²) < 4.78 is 0. The molecule has 0 N–H and O–H groups in total. The summed E-state index contributed by atoms with van der Waals surface area (Å²) in [5, 5.41) is 0. The molecule has 0 spiro atoms. The van der Waals surface area contributed by atoms with Gasteiger partial charge in [-0.05, 0) is 36.8 Å². The van der Waals surface area contributed by atoms with Gasteiger partial charge in [0.15, 0.2) is 0 Å². The number of benzene rings is 1. The van der Waals surface area contributed by atoms with Crippen LogP contribution in [0.1, 0.15) is 22.8 Å². The molecule has 1 amide bonds. The predicted octanol–water partition coefficient (Wildman–Crippen LogP) is 3.49. The molecule has 0 unspecified atom stereocenters. The van der Waals surface area contributed by atoms with Gasteiger partial charge in [0.05, 0.1) is 0 Å². The fraction of sp³-hybridized carbons (Fsp3) is 0.200. The summed E-state index contributed by atoms with van der Waals surface area (Å²) in [5.41, 5.74) is 2.44. The van der Waals surface area contributed by atoms with Gasteiger partial charge in [-0.2, -0.15) is 0 Å². The van der Waals surface area contributed by atoms with Gasteiger partial charge in [-0.25, -0.2) is 0 Å². The highest BCUT2D eigenvalue weighted by atomic mass is 35.5. The molecule has 0 saturated carbocycles. The lowest BCUT2D eigenvalue weighted by atomic mass is 10.1. The summed E-state index contributed by atoms with van der Waals surface area (Å²) in [6.45, 7) is 2.55. The van der Waals surface area contributed by atoms with Crippen molar-refractivity contribution in [2.24, 2.45) is 0 Å². The minimum atomic E-state index is -0.0272. The smallest absolute Gasteiger partial charge is 0.258 e.